The van der Waals surface area contributed by atoms with Crippen LogP contribution in [0.4, 0.5) is 11.9 Å². The quantitative estimate of drug-likeness (QED) is 0.317. The zero-order valence-corrected chi connectivity index (χ0v) is 29.7. The van der Waals surface area contributed by atoms with Crippen molar-refractivity contribution in [1.82, 2.24) is 30.1 Å². The summed E-state index contributed by atoms with van der Waals surface area (Å²) < 4.78 is 5.56. The normalized spacial score (nSPS) is 24.8. The molecule has 0 spiro atoms. The zero-order chi connectivity index (χ0) is 31.6. The highest BCUT2D eigenvalue weighted by molar-refractivity contribution is 6.28. The van der Waals surface area contributed by atoms with Crippen molar-refractivity contribution in [3.8, 4) is 0 Å². The summed E-state index contributed by atoms with van der Waals surface area (Å²) in [6.07, 6.45) is 9.24. The Bertz CT molecular complexity index is 1020. The molecule has 1 N–H and O–H groups in total. The molecule has 4 rings (SSSR count). The number of likely N-dealkylation sites (tertiary alicyclic amines) is 2. The van der Waals surface area contributed by atoms with Crippen LogP contribution in [-0.2, 0) is 4.74 Å². The number of nitrogens with zero attached hydrogens (tertiary/aromatic N) is 7. The minimum absolute atomic E-state index is 0.0667. The Morgan fingerprint density at radius 3 is 1.88 bits per heavy atom. The fourth-order valence-electron chi connectivity index (χ4n) is 7.93. The van der Waals surface area contributed by atoms with E-state index in [2.05, 4.69) is 99.4 Å². The summed E-state index contributed by atoms with van der Waals surface area (Å²) in [5.41, 5.74) is 0.577. The monoisotopic (exact) mass is 620 g/mol. The van der Waals surface area contributed by atoms with Gasteiger partial charge in [-0.05, 0) is 126 Å². The van der Waals surface area contributed by atoms with Gasteiger partial charge in [0, 0.05) is 53.9 Å². The molecule has 246 valence electrons. The van der Waals surface area contributed by atoms with E-state index in [0.29, 0.717) is 31.2 Å². The highest BCUT2D eigenvalue weighted by Gasteiger charge is 2.45. The third kappa shape index (κ3) is 8.51. The van der Waals surface area contributed by atoms with Crippen LogP contribution >= 0.6 is 11.6 Å². The van der Waals surface area contributed by atoms with Crippen LogP contribution < -0.4 is 15.1 Å². The minimum atomic E-state index is 0.0667. The molecule has 0 bridgehead atoms. The standard InChI is InChI=1S/C33H61ClN8O/c1-30(2)21-25(22-31(3,4)39(30)9)35-15-13-11-12-14-16-42(26-23-32(5,6)40(10)33(7,8)24-26)29-37-27(34)36-28(38-29)41-17-19-43-20-18-41/h25-26,35H,11-24H2,1-10H3. The summed E-state index contributed by atoms with van der Waals surface area (Å²) in [6, 6.07) is 0.914. The van der Waals surface area contributed by atoms with E-state index in [-0.39, 0.29) is 27.4 Å². The van der Waals surface area contributed by atoms with Gasteiger partial charge in [-0.3, -0.25) is 9.80 Å². The highest BCUT2D eigenvalue weighted by atomic mass is 35.5. The van der Waals surface area contributed by atoms with E-state index in [0.717, 1.165) is 51.4 Å². The van der Waals surface area contributed by atoms with Crippen molar-refractivity contribution in [2.24, 2.45) is 0 Å². The van der Waals surface area contributed by atoms with Gasteiger partial charge >= 0.3 is 0 Å². The van der Waals surface area contributed by atoms with E-state index in [1.165, 1.54) is 32.1 Å². The van der Waals surface area contributed by atoms with Crippen LogP contribution in [0.15, 0.2) is 0 Å². The molecule has 3 fully saturated rings. The van der Waals surface area contributed by atoms with Gasteiger partial charge in [0.25, 0.3) is 0 Å². The Hall–Kier alpha value is -1.26. The van der Waals surface area contributed by atoms with Crippen LogP contribution in [0.2, 0.25) is 5.28 Å². The van der Waals surface area contributed by atoms with Crippen LogP contribution in [0.25, 0.3) is 0 Å². The van der Waals surface area contributed by atoms with Gasteiger partial charge in [-0.15, -0.1) is 0 Å². The molecule has 9 nitrogen and oxygen atoms in total. The molecule has 3 saturated heterocycles. The molecule has 0 aliphatic carbocycles. The number of hydrogen-bond acceptors (Lipinski definition) is 9. The predicted octanol–water partition coefficient (Wildman–Crippen LogP) is 5.62. The summed E-state index contributed by atoms with van der Waals surface area (Å²) in [5.74, 6) is 1.39. The van der Waals surface area contributed by atoms with E-state index in [9.17, 15) is 0 Å². The molecule has 0 atom stereocenters. The summed E-state index contributed by atoms with van der Waals surface area (Å²) >= 11 is 6.55. The molecule has 1 aromatic rings. The van der Waals surface area contributed by atoms with Crippen LogP contribution in [0.3, 0.4) is 0 Å². The molecule has 43 heavy (non-hydrogen) atoms. The maximum absolute atomic E-state index is 6.55. The molecular weight excluding hydrogens is 560 g/mol. The molecule has 0 saturated carbocycles. The number of anilines is 2. The summed E-state index contributed by atoms with van der Waals surface area (Å²) in [5, 5.41) is 4.17. The van der Waals surface area contributed by atoms with Gasteiger partial charge in [-0.1, -0.05) is 12.8 Å². The zero-order valence-electron chi connectivity index (χ0n) is 29.0. The number of aromatic nitrogens is 3. The van der Waals surface area contributed by atoms with Gasteiger partial charge in [-0.2, -0.15) is 15.0 Å². The second-order valence-corrected chi connectivity index (χ2v) is 16.2. The summed E-state index contributed by atoms with van der Waals surface area (Å²) in [7, 11) is 4.54. The third-order valence-corrected chi connectivity index (χ3v) is 11.1. The number of piperidine rings is 2. The molecule has 3 aliphatic heterocycles. The van der Waals surface area contributed by atoms with Gasteiger partial charge in [-0.25, -0.2) is 0 Å². The van der Waals surface area contributed by atoms with Crippen LogP contribution in [0.5, 0.6) is 0 Å². The molecule has 4 heterocycles. The average Bonchev–Trinajstić information content (AvgIpc) is 2.91. The smallest absolute Gasteiger partial charge is 0.231 e. The van der Waals surface area contributed by atoms with Gasteiger partial charge in [0.15, 0.2) is 0 Å². The van der Waals surface area contributed by atoms with Gasteiger partial charge in [0.2, 0.25) is 17.2 Å². The fraction of sp³-hybridized carbons (Fsp3) is 0.909. The molecule has 1 aromatic heterocycles. The molecule has 0 amide bonds. The fourth-order valence-corrected chi connectivity index (χ4v) is 8.08. The second kappa shape index (κ2) is 13.6. The highest BCUT2D eigenvalue weighted by Crippen LogP contribution is 2.40. The number of morpholine rings is 1. The largest absolute Gasteiger partial charge is 0.378 e. The molecule has 0 aromatic carbocycles. The molecular formula is C33H61ClN8O. The van der Waals surface area contributed by atoms with Crippen molar-refractivity contribution in [1.29, 1.82) is 0 Å². The first-order valence-electron chi connectivity index (χ1n) is 16.7. The number of hydrogen-bond donors (Lipinski definition) is 1. The van der Waals surface area contributed by atoms with E-state index < -0.39 is 0 Å². The SMILES string of the molecule is CN1C(C)(C)CC(NCCCCCCN(c2nc(Cl)nc(N3CCOCC3)n2)C2CC(C)(C)N(C)C(C)(C)C2)CC1(C)C. The van der Waals surface area contributed by atoms with Crippen LogP contribution in [0, 0.1) is 0 Å². The second-order valence-electron chi connectivity index (χ2n) is 15.9. The van der Waals surface area contributed by atoms with Crippen molar-refractivity contribution in [3.63, 3.8) is 0 Å². The van der Waals surface area contributed by atoms with Crippen molar-refractivity contribution in [2.75, 3.05) is 63.3 Å². The minimum Gasteiger partial charge on any atom is -0.378 e. The first-order chi connectivity index (χ1) is 20.0. The maximum Gasteiger partial charge on any atom is 0.231 e. The van der Waals surface area contributed by atoms with Crippen molar-refractivity contribution >= 4 is 23.5 Å². The number of halogens is 1. The Morgan fingerprint density at radius 2 is 1.30 bits per heavy atom. The van der Waals surface area contributed by atoms with Gasteiger partial charge in [0.1, 0.15) is 0 Å². The van der Waals surface area contributed by atoms with E-state index in [1.54, 1.807) is 0 Å². The van der Waals surface area contributed by atoms with E-state index >= 15 is 0 Å². The lowest BCUT2D eigenvalue weighted by Crippen LogP contribution is -2.63. The third-order valence-electron chi connectivity index (χ3n) is 10.9. The molecule has 10 heteroatoms. The maximum atomic E-state index is 6.55. The number of unbranched alkanes of at least 4 members (excludes halogenated alkanes) is 3. The van der Waals surface area contributed by atoms with Gasteiger partial charge in [0.05, 0.1) is 13.2 Å². The lowest BCUT2D eigenvalue weighted by atomic mass is 9.77. The molecule has 0 unspecified atom stereocenters. The van der Waals surface area contributed by atoms with E-state index in [4.69, 9.17) is 26.3 Å². The van der Waals surface area contributed by atoms with Crippen molar-refractivity contribution in [2.45, 2.75) is 141 Å². The molecule has 0 radical (unpaired) electrons. The lowest BCUT2D eigenvalue weighted by molar-refractivity contribution is -0.0180. The van der Waals surface area contributed by atoms with Gasteiger partial charge < -0.3 is 19.9 Å². The van der Waals surface area contributed by atoms with Crippen molar-refractivity contribution in [3.05, 3.63) is 5.28 Å². The first kappa shape index (κ1) is 34.6. The molecule has 3 aliphatic rings. The van der Waals surface area contributed by atoms with Crippen LogP contribution in [0.1, 0.15) is 107 Å². The predicted molar refractivity (Wildman–Crippen MR) is 180 cm³/mol. The number of nitrogens with one attached hydrogen (secondary N) is 1. The topological polar surface area (TPSA) is 72.9 Å². The lowest BCUT2D eigenvalue weighted by Gasteiger charge is -2.55. The Morgan fingerprint density at radius 1 is 0.767 bits per heavy atom. The summed E-state index contributed by atoms with van der Waals surface area (Å²) in [4.78, 5) is 24.0. The first-order valence-corrected chi connectivity index (χ1v) is 17.1. The summed E-state index contributed by atoms with van der Waals surface area (Å²) in [6.45, 7) is 23.9. The number of ether oxygens (including phenoxy) is 1. The Kier molecular flexibility index (Phi) is 11.0. The Balaban J connectivity index is 1.38. The van der Waals surface area contributed by atoms with E-state index in [1.807, 2.05) is 0 Å². The average molecular weight is 621 g/mol. The number of rotatable bonds is 11. The Labute approximate surface area is 267 Å². The van der Waals surface area contributed by atoms with Crippen molar-refractivity contribution < 1.29 is 4.74 Å². The van der Waals surface area contributed by atoms with Crippen LogP contribution in [-0.4, -0.2) is 112 Å².